The second kappa shape index (κ2) is 11.3. The number of thioether (sulfide) groups is 1. The lowest BCUT2D eigenvalue weighted by Crippen LogP contribution is -2.40. The summed E-state index contributed by atoms with van der Waals surface area (Å²) in [5, 5.41) is 2.91. The molecule has 1 aromatic heterocycles. The fourth-order valence-electron chi connectivity index (χ4n) is 3.18. The van der Waals surface area contributed by atoms with Crippen LogP contribution in [0, 0.1) is 0 Å². The van der Waals surface area contributed by atoms with E-state index in [0.717, 1.165) is 22.4 Å². The molecule has 1 amide bonds. The van der Waals surface area contributed by atoms with Crippen LogP contribution in [0.5, 0.6) is 5.75 Å². The Labute approximate surface area is 187 Å². The monoisotopic (exact) mass is 434 g/mol. The van der Waals surface area contributed by atoms with E-state index < -0.39 is 6.04 Å². The van der Waals surface area contributed by atoms with Crippen molar-refractivity contribution >= 4 is 23.5 Å². The molecule has 0 aliphatic carbocycles. The zero-order chi connectivity index (χ0) is 22.1. The summed E-state index contributed by atoms with van der Waals surface area (Å²) in [6.45, 7) is 1.87. The van der Waals surface area contributed by atoms with E-state index in [1.807, 2.05) is 60.9 Å². The van der Waals surface area contributed by atoms with Crippen molar-refractivity contribution in [2.45, 2.75) is 26.0 Å². The molecule has 0 fully saturated rings. The van der Waals surface area contributed by atoms with Gasteiger partial charge in [0, 0.05) is 11.8 Å². The number of rotatable bonds is 10. The molecule has 6 heteroatoms. The van der Waals surface area contributed by atoms with Gasteiger partial charge >= 0.3 is 0 Å². The molecule has 0 spiro atoms. The summed E-state index contributed by atoms with van der Waals surface area (Å²) in [5.74, 6) is 1.20. The molecular weight excluding hydrogens is 408 g/mol. The summed E-state index contributed by atoms with van der Waals surface area (Å²) in [4.78, 5) is 29.2. The van der Waals surface area contributed by atoms with E-state index in [4.69, 9.17) is 4.74 Å². The van der Waals surface area contributed by atoms with Crippen LogP contribution in [0.1, 0.15) is 29.3 Å². The molecule has 0 aliphatic heterocycles. The number of aromatic nitrogens is 1. The first-order chi connectivity index (χ1) is 15.1. The lowest BCUT2D eigenvalue weighted by molar-refractivity contribution is -0.118. The Morgan fingerprint density at radius 2 is 1.90 bits per heavy atom. The molecule has 0 saturated heterocycles. The zero-order valence-corrected chi connectivity index (χ0v) is 18.5. The van der Waals surface area contributed by atoms with Crippen LogP contribution in [-0.4, -0.2) is 34.7 Å². The molecule has 0 aliphatic rings. The number of carbonyl (C=O) groups excluding carboxylic acids is 2. The zero-order valence-electron chi connectivity index (χ0n) is 17.7. The van der Waals surface area contributed by atoms with Gasteiger partial charge in [-0.2, -0.15) is 11.8 Å². The van der Waals surface area contributed by atoms with Crippen LogP contribution in [0.3, 0.4) is 0 Å². The van der Waals surface area contributed by atoms with Gasteiger partial charge in [0.1, 0.15) is 12.4 Å². The van der Waals surface area contributed by atoms with Crippen molar-refractivity contribution in [3.05, 3.63) is 84.2 Å². The molecule has 5 nitrogen and oxygen atoms in total. The molecule has 0 bridgehead atoms. The van der Waals surface area contributed by atoms with Crippen molar-refractivity contribution in [3.63, 3.8) is 0 Å². The van der Waals surface area contributed by atoms with Gasteiger partial charge in [0.25, 0.3) is 5.91 Å². The highest BCUT2D eigenvalue weighted by Crippen LogP contribution is 2.26. The van der Waals surface area contributed by atoms with E-state index in [0.29, 0.717) is 24.3 Å². The molecule has 1 heterocycles. The number of ether oxygens (including phenoxy) is 1. The molecular formula is C25H26N2O3S. The SMILES string of the molecule is CSCCC(NC(=O)c1ccc(COc2cccnc2)cc1-c1ccccc1)C(C)=O. The van der Waals surface area contributed by atoms with Gasteiger partial charge in [-0.05, 0) is 66.3 Å². The molecule has 3 aromatic rings. The molecule has 3 rings (SSSR count). The summed E-state index contributed by atoms with van der Waals surface area (Å²) >= 11 is 1.65. The highest BCUT2D eigenvalue weighted by molar-refractivity contribution is 7.98. The average molecular weight is 435 g/mol. The average Bonchev–Trinajstić information content (AvgIpc) is 2.81. The van der Waals surface area contributed by atoms with Crippen molar-refractivity contribution in [1.29, 1.82) is 0 Å². The molecule has 2 aromatic carbocycles. The minimum absolute atomic E-state index is 0.0369. The number of amides is 1. The van der Waals surface area contributed by atoms with Crippen molar-refractivity contribution < 1.29 is 14.3 Å². The Morgan fingerprint density at radius 3 is 2.58 bits per heavy atom. The van der Waals surface area contributed by atoms with Gasteiger partial charge in [-0.15, -0.1) is 0 Å². The first-order valence-corrected chi connectivity index (χ1v) is 11.5. The van der Waals surface area contributed by atoms with Crippen molar-refractivity contribution in [3.8, 4) is 16.9 Å². The largest absolute Gasteiger partial charge is 0.487 e. The van der Waals surface area contributed by atoms with Crippen LogP contribution in [0.15, 0.2) is 73.1 Å². The number of hydrogen-bond donors (Lipinski definition) is 1. The predicted molar refractivity (Wildman–Crippen MR) is 125 cm³/mol. The van der Waals surface area contributed by atoms with E-state index >= 15 is 0 Å². The predicted octanol–water partition coefficient (Wildman–Crippen LogP) is 4.77. The molecule has 1 N–H and O–H groups in total. The molecule has 0 radical (unpaired) electrons. The lowest BCUT2D eigenvalue weighted by Gasteiger charge is -2.18. The van der Waals surface area contributed by atoms with Gasteiger partial charge in [0.2, 0.25) is 0 Å². The Morgan fingerprint density at radius 1 is 1.10 bits per heavy atom. The van der Waals surface area contributed by atoms with Crippen LogP contribution in [0.2, 0.25) is 0 Å². The summed E-state index contributed by atoms with van der Waals surface area (Å²) in [6, 6.07) is 18.6. The molecule has 160 valence electrons. The smallest absolute Gasteiger partial charge is 0.252 e. The van der Waals surface area contributed by atoms with Gasteiger partial charge in [-0.1, -0.05) is 36.4 Å². The summed E-state index contributed by atoms with van der Waals surface area (Å²) in [7, 11) is 0. The maximum Gasteiger partial charge on any atom is 0.252 e. The molecule has 0 saturated carbocycles. The van der Waals surface area contributed by atoms with Crippen LogP contribution in [0.25, 0.3) is 11.1 Å². The van der Waals surface area contributed by atoms with Crippen LogP contribution in [-0.2, 0) is 11.4 Å². The standard InChI is InChI=1S/C25H26N2O3S/c1-18(28)24(12-14-31-2)27-25(29)22-11-10-19(17-30-21-9-6-13-26-16-21)15-23(22)20-7-4-3-5-8-20/h3-11,13,15-16,24H,12,14,17H2,1-2H3,(H,27,29). The maximum absolute atomic E-state index is 13.1. The van der Waals surface area contributed by atoms with Gasteiger partial charge in [-0.25, -0.2) is 0 Å². The summed E-state index contributed by atoms with van der Waals surface area (Å²) in [6.07, 6.45) is 5.95. The van der Waals surface area contributed by atoms with Crippen molar-refractivity contribution in [2.75, 3.05) is 12.0 Å². The van der Waals surface area contributed by atoms with E-state index in [9.17, 15) is 9.59 Å². The van der Waals surface area contributed by atoms with Gasteiger partial charge in [-0.3, -0.25) is 14.6 Å². The number of ketones is 1. The van der Waals surface area contributed by atoms with E-state index in [2.05, 4.69) is 10.3 Å². The maximum atomic E-state index is 13.1. The minimum Gasteiger partial charge on any atom is -0.487 e. The fourth-order valence-corrected chi connectivity index (χ4v) is 3.66. The number of carbonyl (C=O) groups is 2. The number of nitrogens with one attached hydrogen (secondary N) is 1. The lowest BCUT2D eigenvalue weighted by atomic mass is 9.96. The molecule has 31 heavy (non-hydrogen) atoms. The number of nitrogens with zero attached hydrogens (tertiary/aromatic N) is 1. The number of benzene rings is 2. The van der Waals surface area contributed by atoms with E-state index in [1.165, 1.54) is 6.92 Å². The van der Waals surface area contributed by atoms with Crippen LogP contribution in [0.4, 0.5) is 0 Å². The fraction of sp³-hybridized carbons (Fsp3) is 0.240. The van der Waals surface area contributed by atoms with E-state index in [-0.39, 0.29) is 11.7 Å². The highest BCUT2D eigenvalue weighted by atomic mass is 32.2. The summed E-state index contributed by atoms with van der Waals surface area (Å²) in [5.41, 5.74) is 3.20. The second-order valence-electron chi connectivity index (χ2n) is 7.14. The topological polar surface area (TPSA) is 68.3 Å². The third kappa shape index (κ3) is 6.43. The Balaban J connectivity index is 1.86. The Bertz CT molecular complexity index is 1010. The first kappa shape index (κ1) is 22.6. The quantitative estimate of drug-likeness (QED) is 0.498. The van der Waals surface area contributed by atoms with Gasteiger partial charge < -0.3 is 10.1 Å². The van der Waals surface area contributed by atoms with Crippen LogP contribution >= 0.6 is 11.8 Å². The number of hydrogen-bond acceptors (Lipinski definition) is 5. The normalized spacial score (nSPS) is 11.5. The van der Waals surface area contributed by atoms with Gasteiger partial charge in [0.05, 0.1) is 12.2 Å². The molecule has 1 atom stereocenters. The second-order valence-corrected chi connectivity index (χ2v) is 8.13. The summed E-state index contributed by atoms with van der Waals surface area (Å²) < 4.78 is 5.81. The van der Waals surface area contributed by atoms with Crippen molar-refractivity contribution in [1.82, 2.24) is 10.3 Å². The van der Waals surface area contributed by atoms with Gasteiger partial charge in [0.15, 0.2) is 5.78 Å². The third-order valence-corrected chi connectivity index (χ3v) is 5.50. The molecule has 1 unspecified atom stereocenters. The first-order valence-electron chi connectivity index (χ1n) is 10.1. The number of pyridine rings is 1. The van der Waals surface area contributed by atoms with Crippen molar-refractivity contribution in [2.24, 2.45) is 0 Å². The minimum atomic E-state index is -0.489. The van der Waals surface area contributed by atoms with Crippen LogP contribution < -0.4 is 10.1 Å². The Hall–Kier alpha value is -3.12. The highest BCUT2D eigenvalue weighted by Gasteiger charge is 2.20. The Kier molecular flexibility index (Phi) is 8.24. The van der Waals surface area contributed by atoms with E-state index in [1.54, 1.807) is 30.2 Å². The number of Topliss-reactive ketones (excluding diaryl/α,β-unsaturated/α-hetero) is 1. The third-order valence-electron chi connectivity index (χ3n) is 4.86.